The van der Waals surface area contributed by atoms with Crippen molar-refractivity contribution in [2.24, 2.45) is 0 Å². The van der Waals surface area contributed by atoms with Crippen LogP contribution in [0.2, 0.25) is 0 Å². The van der Waals surface area contributed by atoms with E-state index in [-0.39, 0.29) is 17.9 Å². The highest BCUT2D eigenvalue weighted by Crippen LogP contribution is 2.26. The van der Waals surface area contributed by atoms with Crippen LogP contribution in [0.25, 0.3) is 0 Å². The highest BCUT2D eigenvalue weighted by atomic mass is 16.5. The van der Waals surface area contributed by atoms with Crippen molar-refractivity contribution in [1.82, 2.24) is 0 Å². The molecule has 0 aliphatic carbocycles. The lowest BCUT2D eigenvalue weighted by Crippen LogP contribution is -2.08. The Hall–Kier alpha value is -3.27. The number of hydrogen-bond donors (Lipinski definition) is 1. The van der Waals surface area contributed by atoms with Crippen molar-refractivity contribution in [2.75, 3.05) is 0 Å². The van der Waals surface area contributed by atoms with Gasteiger partial charge in [0.2, 0.25) is 0 Å². The van der Waals surface area contributed by atoms with Crippen LogP contribution >= 0.6 is 0 Å². The van der Waals surface area contributed by atoms with E-state index in [0.29, 0.717) is 12.4 Å². The van der Waals surface area contributed by atoms with Crippen LogP contribution in [0.3, 0.4) is 0 Å². The van der Waals surface area contributed by atoms with Gasteiger partial charge in [-0.1, -0.05) is 60.7 Å². The number of phenols is 1. The van der Waals surface area contributed by atoms with E-state index in [1.54, 1.807) is 0 Å². The third-order valence-electron chi connectivity index (χ3n) is 3.64. The summed E-state index contributed by atoms with van der Waals surface area (Å²) in [6.45, 7) is 0.474. The van der Waals surface area contributed by atoms with Crippen molar-refractivity contribution in [3.05, 3.63) is 95.6 Å². The van der Waals surface area contributed by atoms with Gasteiger partial charge in [-0.2, -0.15) is 0 Å². The predicted molar refractivity (Wildman–Crippen MR) is 94.4 cm³/mol. The van der Waals surface area contributed by atoms with Crippen LogP contribution in [0.5, 0.6) is 11.5 Å². The van der Waals surface area contributed by atoms with Crippen LogP contribution in [0, 0.1) is 0 Å². The predicted octanol–water partition coefficient (Wildman–Crippen LogP) is 4.33. The molecule has 4 heteroatoms. The fraction of sp³-hybridized carbons (Fsp3) is 0.0952. The van der Waals surface area contributed by atoms with Gasteiger partial charge in [-0.15, -0.1) is 0 Å². The Labute approximate surface area is 146 Å². The van der Waals surface area contributed by atoms with Crippen LogP contribution in [0.15, 0.2) is 78.9 Å². The monoisotopic (exact) mass is 334 g/mol. The van der Waals surface area contributed by atoms with E-state index in [9.17, 15) is 9.90 Å². The molecule has 0 spiro atoms. The van der Waals surface area contributed by atoms with Gasteiger partial charge in [-0.05, 0) is 23.3 Å². The van der Waals surface area contributed by atoms with Crippen LogP contribution in [0.4, 0.5) is 0 Å². The molecule has 0 bridgehead atoms. The summed E-state index contributed by atoms with van der Waals surface area (Å²) in [5, 5.41) is 9.69. The Morgan fingerprint density at radius 1 is 0.800 bits per heavy atom. The fourth-order valence-corrected chi connectivity index (χ4v) is 2.34. The molecule has 0 saturated carbocycles. The molecule has 3 aromatic carbocycles. The highest BCUT2D eigenvalue weighted by Gasteiger charge is 2.15. The number of phenolic OH excluding ortho intramolecular Hbond substituents is 1. The van der Waals surface area contributed by atoms with Gasteiger partial charge in [-0.25, -0.2) is 4.79 Å². The lowest BCUT2D eigenvalue weighted by Gasteiger charge is -2.12. The first-order chi connectivity index (χ1) is 12.2. The van der Waals surface area contributed by atoms with Crippen molar-refractivity contribution in [1.29, 1.82) is 0 Å². The Kier molecular flexibility index (Phi) is 5.32. The minimum absolute atomic E-state index is 0.0303. The molecule has 126 valence electrons. The second-order valence-electron chi connectivity index (χ2n) is 5.52. The number of esters is 1. The largest absolute Gasteiger partial charge is 0.508 e. The first kappa shape index (κ1) is 16.6. The van der Waals surface area contributed by atoms with Gasteiger partial charge < -0.3 is 14.6 Å². The molecule has 0 amide bonds. The molecular formula is C21H18O4. The standard InChI is InChI=1S/C21H18O4/c22-18-11-12-19(21(23)25-15-17-9-5-2-6-10-17)20(13-18)24-14-16-7-3-1-4-8-16/h1-13,22H,14-15H2. The van der Waals surface area contributed by atoms with Gasteiger partial charge >= 0.3 is 5.97 Å². The molecule has 3 aromatic rings. The molecule has 0 aromatic heterocycles. The van der Waals surface area contributed by atoms with Crippen molar-refractivity contribution in [3.63, 3.8) is 0 Å². The van der Waals surface area contributed by atoms with E-state index in [1.165, 1.54) is 18.2 Å². The topological polar surface area (TPSA) is 55.8 Å². The highest BCUT2D eigenvalue weighted by molar-refractivity contribution is 5.92. The maximum atomic E-state index is 12.4. The molecule has 0 atom stereocenters. The first-order valence-corrected chi connectivity index (χ1v) is 7.93. The summed E-state index contributed by atoms with van der Waals surface area (Å²) in [6, 6.07) is 23.4. The molecule has 1 N–H and O–H groups in total. The van der Waals surface area contributed by atoms with Crippen molar-refractivity contribution < 1.29 is 19.4 Å². The van der Waals surface area contributed by atoms with Crippen LogP contribution < -0.4 is 4.74 Å². The molecule has 0 aliphatic rings. The minimum Gasteiger partial charge on any atom is -0.508 e. The SMILES string of the molecule is O=C(OCc1ccccc1)c1ccc(O)cc1OCc1ccccc1. The Balaban J connectivity index is 1.70. The molecule has 25 heavy (non-hydrogen) atoms. The van der Waals surface area contributed by atoms with E-state index < -0.39 is 5.97 Å². The second kappa shape index (κ2) is 8.02. The smallest absolute Gasteiger partial charge is 0.342 e. The summed E-state index contributed by atoms with van der Waals surface area (Å²) in [6.07, 6.45) is 0. The van der Waals surface area contributed by atoms with Gasteiger partial charge in [0.15, 0.2) is 0 Å². The average Bonchev–Trinajstić information content (AvgIpc) is 2.66. The molecule has 0 fully saturated rings. The first-order valence-electron chi connectivity index (χ1n) is 7.93. The van der Waals surface area contributed by atoms with Gasteiger partial charge in [-0.3, -0.25) is 0 Å². The Morgan fingerprint density at radius 3 is 2.04 bits per heavy atom. The summed E-state index contributed by atoms with van der Waals surface area (Å²) in [5.74, 6) is -0.170. The van der Waals surface area contributed by atoms with Crippen LogP contribution in [-0.2, 0) is 18.0 Å². The molecule has 0 heterocycles. The molecule has 3 rings (SSSR count). The molecule has 0 aliphatic heterocycles. The van der Waals surface area contributed by atoms with E-state index in [0.717, 1.165) is 11.1 Å². The maximum Gasteiger partial charge on any atom is 0.342 e. The molecule has 0 radical (unpaired) electrons. The van der Waals surface area contributed by atoms with E-state index in [4.69, 9.17) is 9.47 Å². The molecular weight excluding hydrogens is 316 g/mol. The number of benzene rings is 3. The summed E-state index contributed by atoms with van der Waals surface area (Å²) in [5.41, 5.74) is 2.15. The summed E-state index contributed by atoms with van der Waals surface area (Å²) in [7, 11) is 0. The summed E-state index contributed by atoms with van der Waals surface area (Å²) < 4.78 is 11.1. The second-order valence-corrected chi connectivity index (χ2v) is 5.52. The number of hydrogen-bond acceptors (Lipinski definition) is 4. The minimum atomic E-state index is -0.494. The van der Waals surface area contributed by atoms with Gasteiger partial charge in [0.25, 0.3) is 0 Å². The number of rotatable bonds is 6. The van der Waals surface area contributed by atoms with Gasteiger partial charge in [0, 0.05) is 6.07 Å². The Morgan fingerprint density at radius 2 is 1.40 bits per heavy atom. The number of carbonyl (C=O) groups excluding carboxylic acids is 1. The summed E-state index contributed by atoms with van der Waals surface area (Å²) >= 11 is 0. The van der Waals surface area contributed by atoms with Crippen LogP contribution in [0.1, 0.15) is 21.5 Å². The third-order valence-corrected chi connectivity index (χ3v) is 3.64. The zero-order chi connectivity index (χ0) is 17.5. The number of ether oxygens (including phenoxy) is 2. The quantitative estimate of drug-likeness (QED) is 0.682. The van der Waals surface area contributed by atoms with Gasteiger partial charge in [0.05, 0.1) is 0 Å². The fourth-order valence-electron chi connectivity index (χ4n) is 2.34. The summed E-state index contributed by atoms with van der Waals surface area (Å²) in [4.78, 5) is 12.4. The third kappa shape index (κ3) is 4.61. The van der Waals surface area contributed by atoms with Crippen molar-refractivity contribution >= 4 is 5.97 Å². The zero-order valence-corrected chi connectivity index (χ0v) is 13.6. The van der Waals surface area contributed by atoms with Crippen LogP contribution in [-0.4, -0.2) is 11.1 Å². The van der Waals surface area contributed by atoms with E-state index >= 15 is 0 Å². The normalized spacial score (nSPS) is 10.2. The van der Waals surface area contributed by atoms with Gasteiger partial charge in [0.1, 0.15) is 30.3 Å². The maximum absolute atomic E-state index is 12.4. The molecule has 0 saturated heterocycles. The van der Waals surface area contributed by atoms with Crippen molar-refractivity contribution in [2.45, 2.75) is 13.2 Å². The molecule has 0 unspecified atom stereocenters. The average molecular weight is 334 g/mol. The van der Waals surface area contributed by atoms with Crippen molar-refractivity contribution in [3.8, 4) is 11.5 Å². The molecule has 4 nitrogen and oxygen atoms in total. The lowest BCUT2D eigenvalue weighted by molar-refractivity contribution is 0.0467. The van der Waals surface area contributed by atoms with E-state index in [1.807, 2.05) is 60.7 Å². The van der Waals surface area contributed by atoms with E-state index in [2.05, 4.69) is 0 Å². The lowest BCUT2D eigenvalue weighted by atomic mass is 10.2. The number of carbonyl (C=O) groups is 1. The zero-order valence-electron chi connectivity index (χ0n) is 13.6. The Bertz CT molecular complexity index is 829. The number of aromatic hydroxyl groups is 1.